The maximum Gasteiger partial charge on any atom is 0.221 e. The van der Waals surface area contributed by atoms with Crippen molar-refractivity contribution in [3.05, 3.63) is 58.1 Å². The van der Waals surface area contributed by atoms with E-state index in [-0.39, 0.29) is 11.4 Å². The summed E-state index contributed by atoms with van der Waals surface area (Å²) in [7, 11) is 3.49. The van der Waals surface area contributed by atoms with Crippen LogP contribution in [0.15, 0.2) is 53.5 Å². The molecule has 1 aliphatic heterocycles. The third-order valence-electron chi connectivity index (χ3n) is 4.27. The monoisotopic (exact) mass is 381 g/mol. The Morgan fingerprint density at radius 3 is 2.54 bits per heavy atom. The van der Waals surface area contributed by atoms with Crippen LogP contribution >= 0.6 is 20.7 Å². The number of para-hydroxylation sites is 1. The van der Waals surface area contributed by atoms with E-state index in [0.717, 1.165) is 21.7 Å². The van der Waals surface area contributed by atoms with Crippen molar-refractivity contribution in [3.8, 4) is 11.1 Å². The Bertz CT molecular complexity index is 1050. The SMILES string of the molecule is CC(=O)Nc1ccc(N=c2ssc3c2-c2ccccc2NC3(C)C)cc1. The van der Waals surface area contributed by atoms with Crippen LogP contribution in [0, 0.1) is 0 Å². The van der Waals surface area contributed by atoms with Crippen LogP contribution in [-0.2, 0) is 10.3 Å². The van der Waals surface area contributed by atoms with Crippen LogP contribution in [0.5, 0.6) is 0 Å². The predicted octanol–water partition coefficient (Wildman–Crippen LogP) is 5.33. The Morgan fingerprint density at radius 2 is 1.81 bits per heavy atom. The number of rotatable bonds is 2. The largest absolute Gasteiger partial charge is 0.375 e. The van der Waals surface area contributed by atoms with Crippen LogP contribution < -0.4 is 15.3 Å². The van der Waals surface area contributed by atoms with Crippen LogP contribution in [0.2, 0.25) is 0 Å². The van der Waals surface area contributed by atoms with Crippen LogP contribution in [0.25, 0.3) is 11.1 Å². The lowest BCUT2D eigenvalue weighted by Gasteiger charge is -2.33. The van der Waals surface area contributed by atoms with Gasteiger partial charge in [-0.25, -0.2) is 4.99 Å². The van der Waals surface area contributed by atoms with Crippen LogP contribution in [0.1, 0.15) is 25.6 Å². The Morgan fingerprint density at radius 1 is 1.08 bits per heavy atom. The van der Waals surface area contributed by atoms with Gasteiger partial charge >= 0.3 is 0 Å². The average molecular weight is 382 g/mol. The summed E-state index contributed by atoms with van der Waals surface area (Å²) in [5.41, 5.74) is 5.12. The summed E-state index contributed by atoms with van der Waals surface area (Å²) in [6.07, 6.45) is 0. The lowest BCUT2D eigenvalue weighted by Crippen LogP contribution is -2.31. The van der Waals surface area contributed by atoms with Gasteiger partial charge in [-0.3, -0.25) is 4.79 Å². The quantitative estimate of drug-likeness (QED) is 0.590. The van der Waals surface area contributed by atoms with Gasteiger partial charge < -0.3 is 10.6 Å². The van der Waals surface area contributed by atoms with Crippen molar-refractivity contribution >= 4 is 43.7 Å². The van der Waals surface area contributed by atoms with E-state index in [1.165, 1.54) is 22.9 Å². The molecule has 3 aromatic rings. The van der Waals surface area contributed by atoms with Gasteiger partial charge in [0.05, 0.1) is 16.1 Å². The van der Waals surface area contributed by atoms with Crippen LogP contribution in [0.4, 0.5) is 17.1 Å². The zero-order chi connectivity index (χ0) is 18.3. The second-order valence-corrected chi connectivity index (χ2v) is 8.94. The van der Waals surface area contributed by atoms with Crippen LogP contribution in [-0.4, -0.2) is 5.91 Å². The third-order valence-corrected chi connectivity index (χ3v) is 6.92. The molecule has 0 unspecified atom stereocenters. The molecular weight excluding hydrogens is 362 g/mol. The first-order valence-corrected chi connectivity index (χ1v) is 10.5. The molecule has 0 aliphatic carbocycles. The predicted molar refractivity (Wildman–Crippen MR) is 110 cm³/mol. The smallest absolute Gasteiger partial charge is 0.221 e. The first-order chi connectivity index (χ1) is 12.4. The molecule has 0 atom stereocenters. The number of amides is 1. The van der Waals surface area contributed by atoms with Crippen molar-refractivity contribution in [2.45, 2.75) is 26.3 Å². The minimum Gasteiger partial charge on any atom is -0.375 e. The third kappa shape index (κ3) is 3.06. The molecule has 4 rings (SSSR count). The van der Waals surface area contributed by atoms with Gasteiger partial charge in [0.15, 0.2) is 0 Å². The van der Waals surface area contributed by atoms with E-state index in [2.05, 4.69) is 48.7 Å². The molecule has 1 aliphatic rings. The van der Waals surface area contributed by atoms with E-state index in [1.807, 2.05) is 24.3 Å². The Balaban J connectivity index is 1.82. The Hall–Kier alpha value is -2.44. The lowest BCUT2D eigenvalue weighted by atomic mass is 9.90. The summed E-state index contributed by atoms with van der Waals surface area (Å²) >= 11 is 0. The summed E-state index contributed by atoms with van der Waals surface area (Å²) in [5, 5.41) is 6.41. The van der Waals surface area contributed by atoms with E-state index >= 15 is 0 Å². The highest BCUT2D eigenvalue weighted by atomic mass is 32.9. The maximum absolute atomic E-state index is 11.2. The molecular formula is C20H19N3OS2. The molecule has 132 valence electrons. The van der Waals surface area contributed by atoms with Crippen molar-refractivity contribution in [3.63, 3.8) is 0 Å². The van der Waals surface area contributed by atoms with E-state index in [9.17, 15) is 4.79 Å². The highest BCUT2D eigenvalue weighted by molar-refractivity contribution is 7.68. The van der Waals surface area contributed by atoms with Gasteiger partial charge in [-0.1, -0.05) is 38.9 Å². The molecule has 26 heavy (non-hydrogen) atoms. The fourth-order valence-corrected chi connectivity index (χ4v) is 6.07. The number of nitrogens with zero attached hydrogens (tertiary/aromatic N) is 1. The molecule has 1 aromatic heterocycles. The number of fused-ring (bicyclic) bond motifs is 3. The van der Waals surface area contributed by atoms with Gasteiger partial charge in [0.25, 0.3) is 0 Å². The number of hydrogen-bond donors (Lipinski definition) is 2. The average Bonchev–Trinajstić information content (AvgIpc) is 3.01. The van der Waals surface area contributed by atoms with Crippen molar-refractivity contribution in [2.24, 2.45) is 4.99 Å². The summed E-state index contributed by atoms with van der Waals surface area (Å²) in [6.45, 7) is 5.92. The van der Waals surface area contributed by atoms with Gasteiger partial charge in [-0.05, 0) is 44.2 Å². The van der Waals surface area contributed by atoms with Crippen molar-refractivity contribution in [1.29, 1.82) is 0 Å². The molecule has 2 N–H and O–H groups in total. The van der Waals surface area contributed by atoms with Gasteiger partial charge in [0, 0.05) is 29.4 Å². The first kappa shape index (κ1) is 17.0. The second-order valence-electron chi connectivity index (χ2n) is 6.81. The minimum absolute atomic E-state index is 0.0739. The zero-order valence-corrected chi connectivity index (χ0v) is 16.4. The van der Waals surface area contributed by atoms with Gasteiger partial charge in [-0.2, -0.15) is 0 Å². The molecule has 0 saturated carbocycles. The first-order valence-electron chi connectivity index (χ1n) is 8.37. The molecule has 0 saturated heterocycles. The number of nitrogens with one attached hydrogen (secondary N) is 2. The molecule has 6 heteroatoms. The summed E-state index contributed by atoms with van der Waals surface area (Å²) in [5.74, 6) is -0.0739. The standard InChI is InChI=1S/C20H19N3OS2/c1-12(24)21-13-8-10-14(11-9-13)22-19-17-15-6-4-5-7-16(15)23-20(2,3)18(17)25-26-19/h4-11,23H,1-3H3,(H,21,24). The second kappa shape index (κ2) is 6.37. The fraction of sp³-hybridized carbons (Fsp3) is 0.200. The minimum atomic E-state index is -0.117. The molecule has 2 aromatic carbocycles. The number of hydrogen-bond acceptors (Lipinski definition) is 5. The lowest BCUT2D eigenvalue weighted by molar-refractivity contribution is -0.114. The van der Waals surface area contributed by atoms with Crippen molar-refractivity contribution in [1.82, 2.24) is 0 Å². The Kier molecular flexibility index (Phi) is 4.17. The molecule has 0 fully saturated rings. The molecule has 0 bridgehead atoms. The molecule has 4 nitrogen and oxygen atoms in total. The Labute approximate surface area is 159 Å². The zero-order valence-electron chi connectivity index (χ0n) is 14.8. The summed E-state index contributed by atoms with van der Waals surface area (Å²) in [6, 6.07) is 16.0. The topological polar surface area (TPSA) is 53.5 Å². The fourth-order valence-electron chi connectivity index (χ4n) is 3.13. The van der Waals surface area contributed by atoms with Crippen LogP contribution in [0.3, 0.4) is 0 Å². The number of carbonyl (C=O) groups is 1. The highest BCUT2D eigenvalue weighted by Crippen LogP contribution is 2.45. The van der Waals surface area contributed by atoms with E-state index < -0.39 is 0 Å². The van der Waals surface area contributed by atoms with Gasteiger partial charge in [0.1, 0.15) is 4.67 Å². The highest BCUT2D eigenvalue weighted by Gasteiger charge is 2.33. The normalized spacial score (nSPS) is 15.0. The molecule has 2 heterocycles. The molecule has 0 spiro atoms. The number of carbonyl (C=O) groups excluding carboxylic acids is 1. The summed E-state index contributed by atoms with van der Waals surface area (Å²) < 4.78 is 1.03. The van der Waals surface area contributed by atoms with E-state index in [0.29, 0.717) is 0 Å². The van der Waals surface area contributed by atoms with Gasteiger partial charge in [-0.15, -0.1) is 0 Å². The van der Waals surface area contributed by atoms with E-state index in [1.54, 1.807) is 20.7 Å². The van der Waals surface area contributed by atoms with Gasteiger partial charge in [0.2, 0.25) is 5.91 Å². The van der Waals surface area contributed by atoms with Crippen molar-refractivity contribution in [2.75, 3.05) is 10.6 Å². The number of benzene rings is 2. The van der Waals surface area contributed by atoms with Crippen molar-refractivity contribution < 1.29 is 4.79 Å². The molecule has 0 radical (unpaired) electrons. The number of anilines is 2. The summed E-state index contributed by atoms with van der Waals surface area (Å²) in [4.78, 5) is 17.4. The maximum atomic E-state index is 11.2. The van der Waals surface area contributed by atoms with E-state index in [4.69, 9.17) is 4.99 Å². The molecule has 1 amide bonds.